The second-order valence-corrected chi connectivity index (χ2v) is 5.63. The fraction of sp³-hybridized carbons (Fsp3) is 0.562. The molecule has 19 heavy (non-hydrogen) atoms. The first kappa shape index (κ1) is 14.1. The van der Waals surface area contributed by atoms with E-state index in [1.807, 2.05) is 12.1 Å². The van der Waals surface area contributed by atoms with Gasteiger partial charge in [-0.25, -0.2) is 4.79 Å². The van der Waals surface area contributed by atoms with E-state index in [4.69, 9.17) is 0 Å². The fourth-order valence-corrected chi connectivity index (χ4v) is 2.93. The second kappa shape index (κ2) is 6.71. The lowest BCUT2D eigenvalue weighted by atomic mass is 9.96. The summed E-state index contributed by atoms with van der Waals surface area (Å²) in [5, 5.41) is 9.19. The van der Waals surface area contributed by atoms with Crippen LogP contribution in [0.4, 0.5) is 0 Å². The average molecular weight is 261 g/mol. The van der Waals surface area contributed by atoms with Crippen molar-refractivity contribution < 1.29 is 9.90 Å². The Morgan fingerprint density at radius 3 is 2.63 bits per heavy atom. The Hall–Kier alpha value is -1.35. The van der Waals surface area contributed by atoms with Crippen LogP contribution in [-0.4, -0.2) is 35.6 Å². The van der Waals surface area contributed by atoms with Crippen molar-refractivity contribution in [2.45, 2.75) is 32.6 Å². The van der Waals surface area contributed by atoms with Crippen molar-refractivity contribution in [1.82, 2.24) is 4.90 Å². The molecule has 1 aromatic carbocycles. The molecule has 0 bridgehead atoms. The summed E-state index contributed by atoms with van der Waals surface area (Å²) in [6.07, 6.45) is 4.81. The zero-order valence-electron chi connectivity index (χ0n) is 11.6. The maximum Gasteiger partial charge on any atom is 0.335 e. The van der Waals surface area contributed by atoms with Crippen molar-refractivity contribution in [2.24, 2.45) is 5.92 Å². The van der Waals surface area contributed by atoms with E-state index in [0.29, 0.717) is 11.5 Å². The molecule has 1 saturated heterocycles. The smallest absolute Gasteiger partial charge is 0.335 e. The normalized spacial score (nSPS) is 18.2. The van der Waals surface area contributed by atoms with Crippen molar-refractivity contribution >= 4 is 5.97 Å². The Bertz CT molecular complexity index is 425. The molecular weight excluding hydrogens is 238 g/mol. The number of rotatable bonds is 5. The molecule has 1 fully saturated rings. The van der Waals surface area contributed by atoms with Gasteiger partial charge in [0.25, 0.3) is 0 Å². The Morgan fingerprint density at radius 2 is 1.95 bits per heavy atom. The van der Waals surface area contributed by atoms with E-state index >= 15 is 0 Å². The molecule has 0 aromatic heterocycles. The van der Waals surface area contributed by atoms with Gasteiger partial charge in [0.1, 0.15) is 0 Å². The van der Waals surface area contributed by atoms with Crippen molar-refractivity contribution in [3.05, 3.63) is 35.4 Å². The molecule has 1 aliphatic rings. The van der Waals surface area contributed by atoms with Crippen LogP contribution in [0.2, 0.25) is 0 Å². The molecule has 104 valence electrons. The number of carboxylic acid groups (broad SMARTS) is 1. The molecule has 0 radical (unpaired) electrons. The van der Waals surface area contributed by atoms with Crippen LogP contribution in [0.3, 0.4) is 0 Å². The molecule has 0 amide bonds. The summed E-state index contributed by atoms with van der Waals surface area (Å²) < 4.78 is 0. The summed E-state index contributed by atoms with van der Waals surface area (Å²) in [6.45, 7) is 5.69. The zero-order chi connectivity index (χ0) is 13.7. The van der Waals surface area contributed by atoms with Crippen LogP contribution in [0.1, 0.15) is 42.1 Å². The molecule has 1 aliphatic heterocycles. The number of aromatic carboxylic acids is 1. The summed E-state index contributed by atoms with van der Waals surface area (Å²) in [6, 6.07) is 7.36. The van der Waals surface area contributed by atoms with E-state index in [0.717, 1.165) is 18.5 Å². The number of hydrogen-bond donors (Lipinski definition) is 1. The molecule has 1 aromatic rings. The van der Waals surface area contributed by atoms with Gasteiger partial charge in [-0.05, 0) is 49.9 Å². The van der Waals surface area contributed by atoms with Gasteiger partial charge in [0.15, 0.2) is 0 Å². The van der Waals surface area contributed by atoms with E-state index in [-0.39, 0.29) is 0 Å². The number of carboxylic acids is 1. The third-order valence-corrected chi connectivity index (χ3v) is 3.83. The first-order valence-corrected chi connectivity index (χ1v) is 7.20. The van der Waals surface area contributed by atoms with Crippen LogP contribution in [-0.2, 0) is 6.42 Å². The number of piperidine rings is 1. The standard InChI is InChI=1S/C16H23NO2/c1-13(12-17-9-5-2-6-10-17)11-14-7-3-4-8-15(14)16(18)19/h3-4,7-8,13H,2,5-6,9-12H2,1H3,(H,18,19). The van der Waals surface area contributed by atoms with E-state index in [1.54, 1.807) is 12.1 Å². The maximum absolute atomic E-state index is 11.2. The number of nitrogens with zero attached hydrogens (tertiary/aromatic N) is 1. The van der Waals surface area contributed by atoms with Gasteiger partial charge in [0, 0.05) is 6.54 Å². The van der Waals surface area contributed by atoms with Gasteiger partial charge < -0.3 is 10.0 Å². The molecule has 2 rings (SSSR count). The highest BCUT2D eigenvalue weighted by atomic mass is 16.4. The molecule has 1 heterocycles. The molecular formula is C16H23NO2. The van der Waals surface area contributed by atoms with Gasteiger partial charge in [-0.15, -0.1) is 0 Å². The second-order valence-electron chi connectivity index (χ2n) is 5.63. The first-order valence-electron chi connectivity index (χ1n) is 7.20. The van der Waals surface area contributed by atoms with Crippen molar-refractivity contribution in [3.8, 4) is 0 Å². The number of benzene rings is 1. The Labute approximate surface area is 115 Å². The number of likely N-dealkylation sites (tertiary alicyclic amines) is 1. The lowest BCUT2D eigenvalue weighted by Gasteiger charge is -2.29. The third-order valence-electron chi connectivity index (χ3n) is 3.83. The van der Waals surface area contributed by atoms with E-state index < -0.39 is 5.97 Å². The molecule has 3 heteroatoms. The largest absolute Gasteiger partial charge is 0.478 e. The van der Waals surface area contributed by atoms with Crippen molar-refractivity contribution in [2.75, 3.05) is 19.6 Å². The lowest BCUT2D eigenvalue weighted by molar-refractivity contribution is 0.0695. The third kappa shape index (κ3) is 4.06. The summed E-state index contributed by atoms with van der Waals surface area (Å²) in [5.74, 6) is -0.320. The Morgan fingerprint density at radius 1 is 1.26 bits per heavy atom. The van der Waals surface area contributed by atoms with Gasteiger partial charge in [-0.2, -0.15) is 0 Å². The minimum atomic E-state index is -0.819. The van der Waals surface area contributed by atoms with E-state index in [2.05, 4.69) is 11.8 Å². The van der Waals surface area contributed by atoms with Crippen LogP contribution >= 0.6 is 0 Å². The van der Waals surface area contributed by atoms with Crippen LogP contribution in [0.15, 0.2) is 24.3 Å². The highest BCUT2D eigenvalue weighted by Gasteiger charge is 2.16. The molecule has 0 aliphatic carbocycles. The van der Waals surface area contributed by atoms with Gasteiger partial charge in [0.05, 0.1) is 5.56 Å². The Balaban J connectivity index is 1.94. The van der Waals surface area contributed by atoms with Crippen LogP contribution < -0.4 is 0 Å². The summed E-state index contributed by atoms with van der Waals surface area (Å²) >= 11 is 0. The van der Waals surface area contributed by atoms with E-state index in [9.17, 15) is 9.90 Å². The Kier molecular flexibility index (Phi) is 4.97. The summed E-state index contributed by atoms with van der Waals surface area (Å²) in [4.78, 5) is 13.7. The lowest BCUT2D eigenvalue weighted by Crippen LogP contribution is -2.34. The van der Waals surface area contributed by atoms with Gasteiger partial charge >= 0.3 is 5.97 Å². The highest BCUT2D eigenvalue weighted by Crippen LogP contribution is 2.17. The molecule has 1 N–H and O–H groups in total. The summed E-state index contributed by atoms with van der Waals surface area (Å²) in [7, 11) is 0. The highest BCUT2D eigenvalue weighted by molar-refractivity contribution is 5.89. The van der Waals surface area contributed by atoms with E-state index in [1.165, 1.54) is 32.4 Å². The van der Waals surface area contributed by atoms with Gasteiger partial charge in [0.2, 0.25) is 0 Å². The van der Waals surface area contributed by atoms with Crippen molar-refractivity contribution in [3.63, 3.8) is 0 Å². The maximum atomic E-state index is 11.2. The fourth-order valence-electron chi connectivity index (χ4n) is 2.93. The predicted octanol–water partition coefficient (Wildman–Crippen LogP) is 3.05. The van der Waals surface area contributed by atoms with Crippen LogP contribution in [0.5, 0.6) is 0 Å². The average Bonchev–Trinajstić information content (AvgIpc) is 2.40. The zero-order valence-corrected chi connectivity index (χ0v) is 11.6. The van der Waals surface area contributed by atoms with Gasteiger partial charge in [-0.1, -0.05) is 31.5 Å². The molecule has 0 spiro atoms. The molecule has 1 atom stereocenters. The first-order chi connectivity index (χ1) is 9.16. The minimum Gasteiger partial charge on any atom is -0.478 e. The number of carbonyl (C=O) groups is 1. The SMILES string of the molecule is CC(Cc1ccccc1C(=O)O)CN1CCCCC1. The van der Waals surface area contributed by atoms with Gasteiger partial charge in [-0.3, -0.25) is 0 Å². The minimum absolute atomic E-state index is 0.452. The van der Waals surface area contributed by atoms with Crippen LogP contribution in [0.25, 0.3) is 0 Å². The topological polar surface area (TPSA) is 40.5 Å². The molecule has 3 nitrogen and oxygen atoms in total. The van der Waals surface area contributed by atoms with Crippen molar-refractivity contribution in [1.29, 1.82) is 0 Å². The predicted molar refractivity (Wildman–Crippen MR) is 76.6 cm³/mol. The number of hydrogen-bond acceptors (Lipinski definition) is 2. The monoisotopic (exact) mass is 261 g/mol. The summed E-state index contributed by atoms with van der Waals surface area (Å²) in [5.41, 5.74) is 1.41. The quantitative estimate of drug-likeness (QED) is 0.885. The molecule has 1 unspecified atom stereocenters. The van der Waals surface area contributed by atoms with Crippen LogP contribution in [0, 0.1) is 5.92 Å². The molecule has 0 saturated carbocycles.